The molecular weight excluding hydrogens is 278 g/mol. The Morgan fingerprint density at radius 3 is 2.57 bits per heavy atom. The van der Waals surface area contributed by atoms with E-state index in [9.17, 15) is 14.4 Å². The van der Waals surface area contributed by atoms with Crippen molar-refractivity contribution in [2.75, 3.05) is 12.4 Å². The molecule has 0 bridgehead atoms. The first kappa shape index (κ1) is 16.3. The van der Waals surface area contributed by atoms with Gasteiger partial charge < -0.3 is 26.2 Å². The molecule has 3 amide bonds. The fourth-order valence-electron chi connectivity index (χ4n) is 1.67. The molecule has 0 fully saturated rings. The lowest BCUT2D eigenvalue weighted by molar-refractivity contribution is -0.118. The van der Waals surface area contributed by atoms with Gasteiger partial charge in [0.05, 0.1) is 18.4 Å². The number of benzene rings is 1. The van der Waals surface area contributed by atoms with Crippen LogP contribution in [-0.2, 0) is 4.79 Å². The quantitative estimate of drug-likeness (QED) is 0.616. The molecule has 0 saturated heterocycles. The van der Waals surface area contributed by atoms with Gasteiger partial charge in [0, 0.05) is 12.5 Å². The van der Waals surface area contributed by atoms with Crippen molar-refractivity contribution in [3.8, 4) is 5.75 Å². The number of carbonyl (C=O) groups excluding carboxylic acids is 2. The smallest absolute Gasteiger partial charge is 0.337 e. The highest BCUT2D eigenvalue weighted by molar-refractivity contribution is 6.00. The van der Waals surface area contributed by atoms with Crippen molar-refractivity contribution in [3.63, 3.8) is 0 Å². The van der Waals surface area contributed by atoms with Gasteiger partial charge in [0.25, 0.3) is 0 Å². The highest BCUT2D eigenvalue weighted by atomic mass is 16.5. The van der Waals surface area contributed by atoms with E-state index in [1.165, 1.54) is 25.3 Å². The van der Waals surface area contributed by atoms with Gasteiger partial charge in [-0.1, -0.05) is 0 Å². The molecule has 0 aromatic heterocycles. The van der Waals surface area contributed by atoms with E-state index in [0.29, 0.717) is 5.75 Å². The van der Waals surface area contributed by atoms with E-state index < -0.39 is 23.9 Å². The molecule has 8 nitrogen and oxygen atoms in total. The van der Waals surface area contributed by atoms with Gasteiger partial charge >= 0.3 is 12.0 Å². The summed E-state index contributed by atoms with van der Waals surface area (Å²) in [6.07, 6.45) is -0.0121. The minimum absolute atomic E-state index is 0.0121. The van der Waals surface area contributed by atoms with Crippen LogP contribution in [-0.4, -0.2) is 36.2 Å². The molecule has 0 radical (unpaired) electrons. The third-order valence-electron chi connectivity index (χ3n) is 2.59. The van der Waals surface area contributed by atoms with Gasteiger partial charge in [-0.15, -0.1) is 0 Å². The maximum absolute atomic E-state index is 11.7. The van der Waals surface area contributed by atoms with E-state index in [4.69, 9.17) is 15.6 Å². The number of hydrogen-bond donors (Lipinski definition) is 4. The van der Waals surface area contributed by atoms with Gasteiger partial charge in [-0.3, -0.25) is 4.79 Å². The van der Waals surface area contributed by atoms with E-state index >= 15 is 0 Å². The molecule has 5 N–H and O–H groups in total. The maximum atomic E-state index is 11.7. The zero-order valence-corrected chi connectivity index (χ0v) is 11.7. The highest BCUT2D eigenvalue weighted by Crippen LogP contribution is 2.22. The van der Waals surface area contributed by atoms with E-state index in [0.717, 1.165) is 0 Å². The number of amides is 3. The van der Waals surface area contributed by atoms with Crippen LogP contribution in [0.4, 0.5) is 10.5 Å². The van der Waals surface area contributed by atoms with Crippen molar-refractivity contribution in [2.24, 2.45) is 5.73 Å². The summed E-state index contributed by atoms with van der Waals surface area (Å²) >= 11 is 0. The molecule has 1 unspecified atom stereocenters. The second-order valence-electron chi connectivity index (χ2n) is 4.39. The molecule has 0 saturated carbocycles. The Morgan fingerprint density at radius 1 is 1.38 bits per heavy atom. The standard InChI is InChI=1S/C13H17N3O5/c1-7(5-11(14)17)15-13(20)16-10-4-3-8(21-2)6-9(10)12(18)19/h3-4,6-7H,5H2,1-2H3,(H2,14,17)(H,18,19)(H2,15,16,20). The van der Waals surface area contributed by atoms with Crippen LogP contribution in [0.15, 0.2) is 18.2 Å². The average molecular weight is 295 g/mol. The second kappa shape index (κ2) is 7.13. The Kier molecular flexibility index (Phi) is 5.53. The van der Waals surface area contributed by atoms with Gasteiger partial charge in [0.1, 0.15) is 5.75 Å². The fraction of sp³-hybridized carbons (Fsp3) is 0.308. The monoisotopic (exact) mass is 295 g/mol. The van der Waals surface area contributed by atoms with Crippen LogP contribution in [0.5, 0.6) is 5.75 Å². The largest absolute Gasteiger partial charge is 0.497 e. The Hall–Kier alpha value is -2.77. The number of carbonyl (C=O) groups is 3. The van der Waals surface area contributed by atoms with Crippen molar-refractivity contribution in [2.45, 2.75) is 19.4 Å². The summed E-state index contributed by atoms with van der Waals surface area (Å²) in [6, 6.07) is 3.14. The van der Waals surface area contributed by atoms with Crippen LogP contribution < -0.4 is 21.1 Å². The van der Waals surface area contributed by atoms with Crippen LogP contribution in [0.1, 0.15) is 23.7 Å². The fourth-order valence-corrected chi connectivity index (χ4v) is 1.67. The first-order valence-electron chi connectivity index (χ1n) is 6.10. The molecule has 1 atom stereocenters. The first-order chi connectivity index (χ1) is 9.83. The van der Waals surface area contributed by atoms with Crippen molar-refractivity contribution < 1.29 is 24.2 Å². The number of carboxylic acid groups (broad SMARTS) is 1. The molecule has 0 heterocycles. The number of ether oxygens (including phenoxy) is 1. The Bertz CT molecular complexity index is 559. The predicted octanol–water partition coefficient (Wildman–Crippen LogP) is 0.779. The molecule has 1 rings (SSSR count). The molecule has 1 aromatic carbocycles. The number of hydrogen-bond acceptors (Lipinski definition) is 4. The summed E-state index contributed by atoms with van der Waals surface area (Å²) in [5.41, 5.74) is 5.03. The van der Waals surface area contributed by atoms with Gasteiger partial charge in [-0.2, -0.15) is 0 Å². The van der Waals surface area contributed by atoms with Crippen molar-refractivity contribution in [1.29, 1.82) is 0 Å². The summed E-state index contributed by atoms with van der Waals surface area (Å²) in [5.74, 6) is -1.38. The summed E-state index contributed by atoms with van der Waals surface area (Å²) in [5, 5.41) is 14.0. The zero-order valence-electron chi connectivity index (χ0n) is 11.7. The summed E-state index contributed by atoms with van der Waals surface area (Å²) in [4.78, 5) is 33.6. The molecule has 0 spiro atoms. The number of carboxylic acids is 1. The molecule has 114 valence electrons. The third kappa shape index (κ3) is 5.01. The molecule has 1 aromatic rings. The topological polar surface area (TPSA) is 131 Å². The number of anilines is 1. The lowest BCUT2D eigenvalue weighted by atomic mass is 10.1. The number of primary amides is 1. The minimum atomic E-state index is -1.20. The van der Waals surface area contributed by atoms with E-state index in [2.05, 4.69) is 10.6 Å². The number of nitrogens with one attached hydrogen (secondary N) is 2. The molecule has 0 aliphatic carbocycles. The molecule has 0 aliphatic rings. The van der Waals surface area contributed by atoms with E-state index in [1.54, 1.807) is 6.92 Å². The zero-order chi connectivity index (χ0) is 16.0. The van der Waals surface area contributed by atoms with Crippen LogP contribution in [0.2, 0.25) is 0 Å². The van der Waals surface area contributed by atoms with Gasteiger partial charge in [0.15, 0.2) is 0 Å². The molecule has 0 aliphatic heterocycles. The van der Waals surface area contributed by atoms with Crippen molar-refractivity contribution in [1.82, 2.24) is 5.32 Å². The SMILES string of the molecule is COc1ccc(NC(=O)NC(C)CC(N)=O)c(C(=O)O)c1. The van der Waals surface area contributed by atoms with Crippen LogP contribution in [0, 0.1) is 0 Å². The van der Waals surface area contributed by atoms with E-state index in [-0.39, 0.29) is 17.7 Å². The predicted molar refractivity (Wildman–Crippen MR) is 75.4 cm³/mol. The second-order valence-corrected chi connectivity index (χ2v) is 4.39. The Morgan fingerprint density at radius 2 is 2.05 bits per heavy atom. The number of aromatic carboxylic acids is 1. The molecule has 21 heavy (non-hydrogen) atoms. The normalized spacial score (nSPS) is 11.3. The highest BCUT2D eigenvalue weighted by Gasteiger charge is 2.15. The average Bonchev–Trinajstić information content (AvgIpc) is 2.37. The number of methoxy groups -OCH3 is 1. The third-order valence-corrected chi connectivity index (χ3v) is 2.59. The minimum Gasteiger partial charge on any atom is -0.497 e. The summed E-state index contributed by atoms with van der Waals surface area (Å²) < 4.78 is 4.93. The van der Waals surface area contributed by atoms with Gasteiger partial charge in [0.2, 0.25) is 5.91 Å². The lowest BCUT2D eigenvalue weighted by Gasteiger charge is -2.14. The summed E-state index contributed by atoms with van der Waals surface area (Å²) in [6.45, 7) is 1.61. The number of urea groups is 1. The van der Waals surface area contributed by atoms with Crippen LogP contribution in [0.25, 0.3) is 0 Å². The van der Waals surface area contributed by atoms with Gasteiger partial charge in [-0.05, 0) is 25.1 Å². The number of rotatable bonds is 6. The lowest BCUT2D eigenvalue weighted by Crippen LogP contribution is -2.38. The van der Waals surface area contributed by atoms with Crippen molar-refractivity contribution in [3.05, 3.63) is 23.8 Å². The first-order valence-corrected chi connectivity index (χ1v) is 6.10. The van der Waals surface area contributed by atoms with E-state index in [1.807, 2.05) is 0 Å². The van der Waals surface area contributed by atoms with Gasteiger partial charge in [-0.25, -0.2) is 9.59 Å². The Balaban J connectivity index is 2.80. The maximum Gasteiger partial charge on any atom is 0.337 e. The number of nitrogens with two attached hydrogens (primary N) is 1. The molecule has 8 heteroatoms. The Labute approximate surface area is 121 Å². The molecular formula is C13H17N3O5. The van der Waals surface area contributed by atoms with Crippen LogP contribution in [0.3, 0.4) is 0 Å². The summed E-state index contributed by atoms with van der Waals surface area (Å²) in [7, 11) is 1.41. The van der Waals surface area contributed by atoms with Crippen LogP contribution >= 0.6 is 0 Å². The van der Waals surface area contributed by atoms with Crippen molar-refractivity contribution >= 4 is 23.6 Å².